The van der Waals surface area contributed by atoms with Gasteiger partial charge in [0.1, 0.15) is 0 Å². The predicted molar refractivity (Wildman–Crippen MR) is 50.5 cm³/mol. The van der Waals surface area contributed by atoms with Crippen LogP contribution >= 0.6 is 11.8 Å². The van der Waals surface area contributed by atoms with Gasteiger partial charge in [-0.2, -0.15) is 11.8 Å². The lowest BCUT2D eigenvalue weighted by molar-refractivity contribution is -0.114. The molecule has 0 amide bonds. The van der Waals surface area contributed by atoms with Gasteiger partial charge in [0.05, 0.1) is 11.7 Å². The summed E-state index contributed by atoms with van der Waals surface area (Å²) < 4.78 is 5.83. The minimum Gasteiger partial charge on any atom is -0.393 e. The summed E-state index contributed by atoms with van der Waals surface area (Å²) >= 11 is 1.97. The Kier molecular flexibility index (Phi) is 2.36. The van der Waals surface area contributed by atoms with Crippen molar-refractivity contribution in [3.05, 3.63) is 0 Å². The second-order valence-corrected chi connectivity index (χ2v) is 5.27. The standard InChI is InChI=1S/C9H16O2S/c1-7-9(3-5-12-7)6-8(10)2-4-11-9/h7-8,10H,2-6H2,1H3. The monoisotopic (exact) mass is 188 g/mol. The van der Waals surface area contributed by atoms with Crippen LogP contribution in [0.5, 0.6) is 0 Å². The van der Waals surface area contributed by atoms with E-state index in [1.807, 2.05) is 11.8 Å². The van der Waals surface area contributed by atoms with Crippen molar-refractivity contribution < 1.29 is 9.84 Å². The molecular weight excluding hydrogens is 172 g/mol. The second kappa shape index (κ2) is 3.20. The molecule has 2 aliphatic rings. The van der Waals surface area contributed by atoms with Gasteiger partial charge in [-0.1, -0.05) is 6.92 Å². The van der Waals surface area contributed by atoms with E-state index in [1.165, 1.54) is 5.75 Å². The number of hydrogen-bond acceptors (Lipinski definition) is 3. The molecular formula is C9H16O2S. The third-order valence-electron chi connectivity index (χ3n) is 3.06. The number of aliphatic hydroxyl groups is 1. The summed E-state index contributed by atoms with van der Waals surface area (Å²) in [6, 6.07) is 0. The lowest BCUT2D eigenvalue weighted by Crippen LogP contribution is -2.45. The predicted octanol–water partition coefficient (Wildman–Crippen LogP) is 1.42. The molecule has 0 aromatic rings. The Balaban J connectivity index is 2.08. The minimum absolute atomic E-state index is 0.0162. The molecule has 1 spiro atoms. The summed E-state index contributed by atoms with van der Waals surface area (Å²) in [7, 11) is 0. The second-order valence-electron chi connectivity index (χ2n) is 3.82. The fourth-order valence-electron chi connectivity index (χ4n) is 2.18. The van der Waals surface area contributed by atoms with Crippen LogP contribution in [0.25, 0.3) is 0 Å². The fraction of sp³-hybridized carbons (Fsp3) is 1.00. The van der Waals surface area contributed by atoms with E-state index < -0.39 is 0 Å². The highest BCUT2D eigenvalue weighted by molar-refractivity contribution is 8.00. The zero-order valence-corrected chi connectivity index (χ0v) is 8.27. The van der Waals surface area contributed by atoms with Crippen molar-refractivity contribution in [2.75, 3.05) is 12.4 Å². The number of hydrogen-bond donors (Lipinski definition) is 1. The average Bonchev–Trinajstić information content (AvgIpc) is 2.33. The van der Waals surface area contributed by atoms with Crippen LogP contribution in [0.3, 0.4) is 0 Å². The van der Waals surface area contributed by atoms with E-state index in [-0.39, 0.29) is 11.7 Å². The molecule has 2 rings (SSSR count). The van der Waals surface area contributed by atoms with Gasteiger partial charge in [-0.05, 0) is 18.6 Å². The lowest BCUT2D eigenvalue weighted by atomic mass is 9.87. The SMILES string of the molecule is CC1SCCC12CC(O)CCO2. The number of thioether (sulfide) groups is 1. The van der Waals surface area contributed by atoms with Crippen molar-refractivity contribution in [3.63, 3.8) is 0 Å². The molecule has 2 heterocycles. The zero-order chi connectivity index (χ0) is 8.60. The summed E-state index contributed by atoms with van der Waals surface area (Å²) in [5, 5.41) is 10.1. The van der Waals surface area contributed by atoms with Crippen molar-refractivity contribution in [3.8, 4) is 0 Å². The first-order chi connectivity index (χ1) is 5.73. The van der Waals surface area contributed by atoms with Gasteiger partial charge < -0.3 is 9.84 Å². The smallest absolute Gasteiger partial charge is 0.0830 e. The first-order valence-corrected chi connectivity index (χ1v) is 5.71. The maximum atomic E-state index is 9.56. The largest absolute Gasteiger partial charge is 0.393 e. The molecule has 0 aromatic heterocycles. The normalized spacial score (nSPS) is 48.5. The highest BCUT2D eigenvalue weighted by atomic mass is 32.2. The highest BCUT2D eigenvalue weighted by Gasteiger charge is 2.45. The van der Waals surface area contributed by atoms with Crippen molar-refractivity contribution in [2.24, 2.45) is 0 Å². The van der Waals surface area contributed by atoms with Crippen LogP contribution in [-0.2, 0) is 4.74 Å². The Morgan fingerprint density at radius 1 is 1.58 bits per heavy atom. The van der Waals surface area contributed by atoms with Crippen LogP contribution in [0.2, 0.25) is 0 Å². The van der Waals surface area contributed by atoms with E-state index in [1.54, 1.807) is 0 Å². The fourth-order valence-corrected chi connectivity index (χ4v) is 3.58. The molecule has 12 heavy (non-hydrogen) atoms. The zero-order valence-electron chi connectivity index (χ0n) is 7.45. The number of rotatable bonds is 0. The van der Waals surface area contributed by atoms with Crippen LogP contribution in [0.1, 0.15) is 26.2 Å². The summed E-state index contributed by atoms with van der Waals surface area (Å²) in [4.78, 5) is 0. The minimum atomic E-state index is -0.125. The molecule has 0 saturated carbocycles. The number of ether oxygens (including phenoxy) is 1. The van der Waals surface area contributed by atoms with Crippen LogP contribution in [0.15, 0.2) is 0 Å². The lowest BCUT2D eigenvalue weighted by Gasteiger charge is -2.39. The van der Waals surface area contributed by atoms with Crippen molar-refractivity contribution >= 4 is 11.8 Å². The van der Waals surface area contributed by atoms with Crippen molar-refractivity contribution in [2.45, 2.75) is 43.1 Å². The third-order valence-corrected chi connectivity index (χ3v) is 4.43. The van der Waals surface area contributed by atoms with Gasteiger partial charge in [0.2, 0.25) is 0 Å². The Bertz CT molecular complexity index is 174. The molecule has 2 nitrogen and oxygen atoms in total. The summed E-state index contributed by atoms with van der Waals surface area (Å²) in [5.74, 6) is 1.19. The van der Waals surface area contributed by atoms with E-state index in [0.717, 1.165) is 25.9 Å². The Hall–Kier alpha value is 0.270. The maximum Gasteiger partial charge on any atom is 0.0830 e. The van der Waals surface area contributed by atoms with Gasteiger partial charge in [0.25, 0.3) is 0 Å². The van der Waals surface area contributed by atoms with E-state index in [0.29, 0.717) is 5.25 Å². The van der Waals surface area contributed by atoms with Gasteiger partial charge in [-0.3, -0.25) is 0 Å². The van der Waals surface area contributed by atoms with E-state index in [2.05, 4.69) is 6.92 Å². The van der Waals surface area contributed by atoms with Gasteiger partial charge in [-0.25, -0.2) is 0 Å². The Morgan fingerprint density at radius 2 is 2.42 bits per heavy atom. The average molecular weight is 188 g/mol. The summed E-state index contributed by atoms with van der Waals surface area (Å²) in [6.45, 7) is 2.96. The Morgan fingerprint density at radius 3 is 3.00 bits per heavy atom. The van der Waals surface area contributed by atoms with E-state index >= 15 is 0 Å². The van der Waals surface area contributed by atoms with Crippen molar-refractivity contribution in [1.82, 2.24) is 0 Å². The van der Waals surface area contributed by atoms with Crippen LogP contribution in [0, 0.1) is 0 Å². The first-order valence-electron chi connectivity index (χ1n) is 4.67. The van der Waals surface area contributed by atoms with Crippen LogP contribution in [0.4, 0.5) is 0 Å². The molecule has 2 saturated heterocycles. The van der Waals surface area contributed by atoms with Crippen molar-refractivity contribution in [1.29, 1.82) is 0 Å². The summed E-state index contributed by atoms with van der Waals surface area (Å²) in [5.41, 5.74) is 0.0162. The molecule has 0 aromatic carbocycles. The molecule has 0 bridgehead atoms. The van der Waals surface area contributed by atoms with Crippen LogP contribution in [-0.4, -0.2) is 34.4 Å². The molecule has 3 unspecified atom stereocenters. The summed E-state index contributed by atoms with van der Waals surface area (Å²) in [6.07, 6.45) is 2.66. The number of aliphatic hydroxyl groups excluding tert-OH is 1. The topological polar surface area (TPSA) is 29.5 Å². The third kappa shape index (κ3) is 1.38. The van der Waals surface area contributed by atoms with Crippen LogP contribution < -0.4 is 0 Å². The first kappa shape index (κ1) is 8.85. The molecule has 2 fully saturated rings. The molecule has 2 aliphatic heterocycles. The Labute approximate surface area is 77.7 Å². The van der Waals surface area contributed by atoms with Gasteiger partial charge >= 0.3 is 0 Å². The molecule has 0 radical (unpaired) electrons. The molecule has 70 valence electrons. The molecule has 3 heteroatoms. The van der Waals surface area contributed by atoms with Gasteiger partial charge in [-0.15, -0.1) is 0 Å². The molecule has 0 aliphatic carbocycles. The van der Waals surface area contributed by atoms with Gasteiger partial charge in [0.15, 0.2) is 0 Å². The van der Waals surface area contributed by atoms with E-state index in [4.69, 9.17) is 4.74 Å². The van der Waals surface area contributed by atoms with E-state index in [9.17, 15) is 5.11 Å². The highest BCUT2D eigenvalue weighted by Crippen LogP contribution is 2.43. The molecule has 1 N–H and O–H groups in total. The maximum absolute atomic E-state index is 9.56. The quantitative estimate of drug-likeness (QED) is 0.623. The molecule has 3 atom stereocenters. The van der Waals surface area contributed by atoms with Gasteiger partial charge in [0, 0.05) is 18.3 Å².